The minimum atomic E-state index is -0.332. The van der Waals surface area contributed by atoms with Gasteiger partial charge in [-0.05, 0) is 37.4 Å². The third-order valence-corrected chi connectivity index (χ3v) is 5.67. The molecule has 0 radical (unpaired) electrons. The van der Waals surface area contributed by atoms with E-state index in [4.69, 9.17) is 16.7 Å². The molecule has 27 heavy (non-hydrogen) atoms. The van der Waals surface area contributed by atoms with Crippen LogP contribution in [0.1, 0.15) is 49.2 Å². The van der Waals surface area contributed by atoms with Gasteiger partial charge >= 0.3 is 0 Å². The van der Waals surface area contributed by atoms with E-state index in [1.807, 2.05) is 30.3 Å². The number of hydrogen-bond donors (Lipinski definition) is 3. The van der Waals surface area contributed by atoms with Crippen LogP contribution in [0.5, 0.6) is 0 Å². The van der Waals surface area contributed by atoms with Crippen molar-refractivity contribution in [3.8, 4) is 11.3 Å². The van der Waals surface area contributed by atoms with Crippen molar-refractivity contribution < 1.29 is 9.32 Å². The fourth-order valence-electron chi connectivity index (χ4n) is 3.60. The molecule has 1 aliphatic carbocycles. The van der Waals surface area contributed by atoms with Gasteiger partial charge in [-0.1, -0.05) is 62.2 Å². The number of carbonyl (C=O) groups excluding carboxylic acids is 1. The fourth-order valence-corrected chi connectivity index (χ4v) is 3.80. The van der Waals surface area contributed by atoms with E-state index >= 15 is 0 Å². The van der Waals surface area contributed by atoms with Crippen molar-refractivity contribution >= 4 is 23.2 Å². The van der Waals surface area contributed by atoms with Crippen molar-refractivity contribution in [2.75, 3.05) is 0 Å². The highest BCUT2D eigenvalue weighted by atomic mass is 32.1. The fraction of sp³-hybridized carbons (Fsp3) is 0.450. The molecule has 0 bridgehead atoms. The molecule has 7 heteroatoms. The van der Waals surface area contributed by atoms with Crippen LogP contribution in [0.4, 0.5) is 0 Å². The summed E-state index contributed by atoms with van der Waals surface area (Å²) in [5.41, 5.74) is 7.21. The van der Waals surface area contributed by atoms with Crippen molar-refractivity contribution in [1.82, 2.24) is 21.3 Å². The number of thiocarbonyl (C=S) groups is 1. The van der Waals surface area contributed by atoms with Crippen molar-refractivity contribution in [2.45, 2.75) is 46.1 Å². The number of benzene rings is 1. The highest BCUT2D eigenvalue weighted by Crippen LogP contribution is 2.29. The Balaban J connectivity index is 1.61. The van der Waals surface area contributed by atoms with Gasteiger partial charge in [0, 0.05) is 11.6 Å². The second-order valence-electron chi connectivity index (χ2n) is 7.25. The molecule has 1 saturated carbocycles. The highest BCUT2D eigenvalue weighted by molar-refractivity contribution is 7.80. The summed E-state index contributed by atoms with van der Waals surface area (Å²) in [4.78, 5) is 12.7. The number of aromatic nitrogens is 1. The van der Waals surface area contributed by atoms with Crippen LogP contribution in [-0.2, 0) is 0 Å². The molecule has 1 amide bonds. The van der Waals surface area contributed by atoms with Crippen LogP contribution in [-0.4, -0.2) is 22.2 Å². The smallest absolute Gasteiger partial charge is 0.275 e. The first-order valence-electron chi connectivity index (χ1n) is 9.36. The van der Waals surface area contributed by atoms with E-state index < -0.39 is 0 Å². The van der Waals surface area contributed by atoms with Gasteiger partial charge in [0.15, 0.2) is 5.11 Å². The second-order valence-corrected chi connectivity index (χ2v) is 7.66. The summed E-state index contributed by atoms with van der Waals surface area (Å²) >= 11 is 5.36. The summed E-state index contributed by atoms with van der Waals surface area (Å²) in [5.74, 6) is 1.34. The quantitative estimate of drug-likeness (QED) is 0.553. The minimum absolute atomic E-state index is 0.322. The summed E-state index contributed by atoms with van der Waals surface area (Å²) in [6.07, 6.45) is 3.54. The number of hydrogen-bond acceptors (Lipinski definition) is 4. The van der Waals surface area contributed by atoms with Crippen LogP contribution in [0.25, 0.3) is 11.3 Å². The Labute approximate surface area is 165 Å². The van der Waals surface area contributed by atoms with Gasteiger partial charge in [-0.3, -0.25) is 15.6 Å². The van der Waals surface area contributed by atoms with Gasteiger partial charge in [-0.2, -0.15) is 0 Å². The first kappa shape index (κ1) is 19.4. The van der Waals surface area contributed by atoms with Gasteiger partial charge < -0.3 is 9.84 Å². The molecular weight excluding hydrogens is 360 g/mol. The van der Waals surface area contributed by atoms with Crippen molar-refractivity contribution in [3.05, 3.63) is 41.7 Å². The number of nitrogens with zero attached hydrogens (tertiary/aromatic N) is 1. The SMILES string of the molecule is Cc1onc(-c2ccccc2)c1C(=O)NNC(=S)N[C@@H]1CCC[C@H](C)[C@@H]1C. The van der Waals surface area contributed by atoms with Gasteiger partial charge in [0.2, 0.25) is 0 Å². The van der Waals surface area contributed by atoms with Gasteiger partial charge in [-0.15, -0.1) is 0 Å². The third-order valence-electron chi connectivity index (χ3n) is 5.45. The molecule has 1 heterocycles. The van der Waals surface area contributed by atoms with E-state index in [0.717, 1.165) is 12.0 Å². The third kappa shape index (κ3) is 4.47. The molecule has 1 aliphatic rings. The molecule has 0 spiro atoms. The number of amides is 1. The van der Waals surface area contributed by atoms with Crippen LogP contribution in [0, 0.1) is 18.8 Å². The second kappa shape index (κ2) is 8.52. The van der Waals surface area contributed by atoms with Crippen LogP contribution >= 0.6 is 12.2 Å². The topological polar surface area (TPSA) is 79.2 Å². The molecule has 1 fully saturated rings. The largest absolute Gasteiger partial charge is 0.360 e. The predicted octanol–water partition coefficient (Wildman–Crippen LogP) is 3.58. The molecule has 0 unspecified atom stereocenters. The monoisotopic (exact) mass is 386 g/mol. The maximum atomic E-state index is 12.7. The molecule has 2 aromatic rings. The lowest BCUT2D eigenvalue weighted by Gasteiger charge is -2.35. The number of hydrazine groups is 1. The molecule has 144 valence electrons. The number of carbonyl (C=O) groups is 1. The molecule has 1 aromatic heterocycles. The Morgan fingerprint density at radius 3 is 2.67 bits per heavy atom. The predicted molar refractivity (Wildman–Crippen MR) is 109 cm³/mol. The van der Waals surface area contributed by atoms with Crippen LogP contribution < -0.4 is 16.2 Å². The molecular formula is C20H26N4O2S. The highest BCUT2D eigenvalue weighted by Gasteiger charge is 2.27. The maximum Gasteiger partial charge on any atom is 0.275 e. The molecule has 0 saturated heterocycles. The Kier molecular flexibility index (Phi) is 6.11. The van der Waals surface area contributed by atoms with Gasteiger partial charge in [0.05, 0.1) is 0 Å². The number of nitrogens with one attached hydrogen (secondary N) is 3. The zero-order chi connectivity index (χ0) is 19.4. The van der Waals surface area contributed by atoms with Crippen LogP contribution in [0.15, 0.2) is 34.9 Å². The molecule has 0 aliphatic heterocycles. The summed E-state index contributed by atoms with van der Waals surface area (Å²) in [6, 6.07) is 9.80. The van der Waals surface area contributed by atoms with Crippen LogP contribution in [0.3, 0.4) is 0 Å². The number of aryl methyl sites for hydroxylation is 1. The lowest BCUT2D eigenvalue weighted by molar-refractivity contribution is 0.0942. The lowest BCUT2D eigenvalue weighted by Crippen LogP contribution is -2.52. The lowest BCUT2D eigenvalue weighted by atomic mass is 9.78. The normalized spacial score (nSPS) is 22.1. The van der Waals surface area contributed by atoms with E-state index in [1.54, 1.807) is 6.92 Å². The van der Waals surface area contributed by atoms with E-state index in [9.17, 15) is 4.79 Å². The summed E-state index contributed by atoms with van der Waals surface area (Å²) in [7, 11) is 0. The Morgan fingerprint density at radius 1 is 1.19 bits per heavy atom. The Hall–Kier alpha value is -2.41. The minimum Gasteiger partial charge on any atom is -0.360 e. The Bertz CT molecular complexity index is 806. The summed E-state index contributed by atoms with van der Waals surface area (Å²) in [5, 5.41) is 7.78. The van der Waals surface area contributed by atoms with Crippen molar-refractivity contribution in [1.29, 1.82) is 0 Å². The van der Waals surface area contributed by atoms with Crippen molar-refractivity contribution in [3.63, 3.8) is 0 Å². The van der Waals surface area contributed by atoms with Gasteiger partial charge in [0.25, 0.3) is 5.91 Å². The number of rotatable bonds is 3. The van der Waals surface area contributed by atoms with E-state index in [0.29, 0.717) is 40.0 Å². The summed E-state index contributed by atoms with van der Waals surface area (Å²) in [6.45, 7) is 6.24. The zero-order valence-electron chi connectivity index (χ0n) is 15.9. The zero-order valence-corrected chi connectivity index (χ0v) is 16.7. The Morgan fingerprint density at radius 2 is 1.93 bits per heavy atom. The maximum absolute atomic E-state index is 12.7. The van der Waals surface area contributed by atoms with Crippen molar-refractivity contribution in [2.24, 2.45) is 11.8 Å². The molecule has 3 N–H and O–H groups in total. The average molecular weight is 387 g/mol. The standard InChI is InChI=1S/C20H26N4O2S/c1-12-8-7-11-16(13(12)2)21-20(27)23-22-19(25)17-14(3)26-24-18(17)15-9-5-4-6-10-15/h4-6,9-10,12-13,16H,7-8,11H2,1-3H3,(H,22,25)(H2,21,23,27)/t12-,13-,16+/m0/s1. The van der Waals surface area contributed by atoms with E-state index in [1.165, 1.54) is 12.8 Å². The summed E-state index contributed by atoms with van der Waals surface area (Å²) < 4.78 is 5.24. The molecule has 6 nitrogen and oxygen atoms in total. The van der Waals surface area contributed by atoms with Crippen LogP contribution in [0.2, 0.25) is 0 Å². The first-order valence-corrected chi connectivity index (χ1v) is 9.76. The first-order chi connectivity index (χ1) is 13.0. The molecule has 1 aromatic carbocycles. The average Bonchev–Trinajstić information content (AvgIpc) is 3.06. The van der Waals surface area contributed by atoms with E-state index in [-0.39, 0.29) is 5.91 Å². The molecule has 3 atom stereocenters. The van der Waals surface area contributed by atoms with Gasteiger partial charge in [0.1, 0.15) is 17.0 Å². The van der Waals surface area contributed by atoms with E-state index in [2.05, 4.69) is 35.2 Å². The molecule has 3 rings (SSSR count). The van der Waals surface area contributed by atoms with Gasteiger partial charge in [-0.25, -0.2) is 0 Å².